The fraction of sp³-hybridized carbons (Fsp3) is 0.556. The van der Waals surface area contributed by atoms with Crippen molar-refractivity contribution in [3.05, 3.63) is 11.8 Å². The van der Waals surface area contributed by atoms with Crippen LogP contribution in [0.5, 0.6) is 5.88 Å². The van der Waals surface area contributed by atoms with Crippen LogP contribution in [0.4, 0.5) is 0 Å². The van der Waals surface area contributed by atoms with Gasteiger partial charge in [0.2, 0.25) is 5.88 Å². The first-order valence-electron chi connectivity index (χ1n) is 4.57. The molecule has 0 bridgehead atoms. The third kappa shape index (κ3) is 3.08. The third-order valence-corrected chi connectivity index (χ3v) is 2.22. The van der Waals surface area contributed by atoms with E-state index >= 15 is 0 Å². The molecule has 0 aliphatic heterocycles. The van der Waals surface area contributed by atoms with Crippen molar-refractivity contribution in [2.75, 3.05) is 18.1 Å². The van der Waals surface area contributed by atoms with E-state index in [2.05, 4.69) is 27.7 Å². The van der Waals surface area contributed by atoms with Crippen LogP contribution in [0.3, 0.4) is 0 Å². The summed E-state index contributed by atoms with van der Waals surface area (Å²) in [5.41, 5.74) is 0.290. The summed E-state index contributed by atoms with van der Waals surface area (Å²) >= 11 is 2.23. The highest BCUT2D eigenvalue weighted by Crippen LogP contribution is 2.14. The summed E-state index contributed by atoms with van der Waals surface area (Å²) in [5.74, 6) is 0.165. The molecule has 0 radical (unpaired) electrons. The van der Waals surface area contributed by atoms with Gasteiger partial charge in [0, 0.05) is 10.5 Å². The predicted octanol–water partition coefficient (Wildman–Crippen LogP) is 1.50. The minimum Gasteiger partial charge on any atom is -0.481 e. The summed E-state index contributed by atoms with van der Waals surface area (Å²) in [6.07, 6.45) is 0. The van der Waals surface area contributed by atoms with Gasteiger partial charge in [-0.15, -0.1) is 0 Å². The second-order valence-electron chi connectivity index (χ2n) is 2.70. The Labute approximate surface area is 102 Å². The average molecular weight is 324 g/mol. The zero-order valence-corrected chi connectivity index (χ0v) is 10.9. The molecule has 0 amide bonds. The van der Waals surface area contributed by atoms with Crippen LogP contribution in [0.1, 0.15) is 17.4 Å². The Hall–Kier alpha value is -0.790. The Balaban J connectivity index is 2.86. The minimum atomic E-state index is -0.414. The molecule has 5 nitrogen and oxygen atoms in total. The maximum absolute atomic E-state index is 11.4. The van der Waals surface area contributed by atoms with Crippen molar-refractivity contribution in [1.29, 1.82) is 0 Å². The first kappa shape index (κ1) is 12.3. The third-order valence-electron chi connectivity index (χ3n) is 1.73. The SMILES string of the molecule is CCOC(=O)c1cc(OC)n(CCI)n1. The highest BCUT2D eigenvalue weighted by molar-refractivity contribution is 14.1. The van der Waals surface area contributed by atoms with Crippen molar-refractivity contribution in [3.8, 4) is 5.88 Å². The van der Waals surface area contributed by atoms with Crippen molar-refractivity contribution in [2.45, 2.75) is 13.5 Å². The largest absolute Gasteiger partial charge is 0.481 e. The fourth-order valence-corrected chi connectivity index (χ4v) is 1.57. The Morgan fingerprint density at radius 1 is 1.67 bits per heavy atom. The van der Waals surface area contributed by atoms with Crippen LogP contribution in [-0.4, -0.2) is 33.9 Å². The molecule has 6 heteroatoms. The number of carbonyl (C=O) groups excluding carboxylic acids is 1. The number of hydrogen-bond donors (Lipinski definition) is 0. The lowest BCUT2D eigenvalue weighted by Crippen LogP contribution is -2.08. The van der Waals surface area contributed by atoms with E-state index in [1.54, 1.807) is 24.8 Å². The van der Waals surface area contributed by atoms with Crippen molar-refractivity contribution in [1.82, 2.24) is 9.78 Å². The highest BCUT2D eigenvalue weighted by Gasteiger charge is 2.15. The van der Waals surface area contributed by atoms with Crippen LogP contribution in [-0.2, 0) is 11.3 Å². The lowest BCUT2D eigenvalue weighted by atomic mass is 10.4. The van der Waals surface area contributed by atoms with Crippen LogP contribution in [0.15, 0.2) is 6.07 Å². The molecule has 1 aromatic heterocycles. The number of ether oxygens (including phenoxy) is 2. The molecule has 0 spiro atoms. The molecule has 0 aliphatic rings. The zero-order chi connectivity index (χ0) is 11.3. The maximum Gasteiger partial charge on any atom is 0.358 e. The molecule has 0 unspecified atom stereocenters. The fourth-order valence-electron chi connectivity index (χ4n) is 1.11. The summed E-state index contributed by atoms with van der Waals surface area (Å²) in [7, 11) is 1.55. The van der Waals surface area contributed by atoms with E-state index in [1.807, 2.05) is 0 Å². The molecular formula is C9H13IN2O3. The molecule has 15 heavy (non-hydrogen) atoms. The van der Waals surface area contributed by atoms with E-state index in [-0.39, 0.29) is 0 Å². The lowest BCUT2D eigenvalue weighted by Gasteiger charge is -2.01. The molecule has 0 N–H and O–H groups in total. The van der Waals surface area contributed by atoms with Crippen molar-refractivity contribution >= 4 is 28.6 Å². The lowest BCUT2D eigenvalue weighted by molar-refractivity contribution is 0.0518. The second-order valence-corrected chi connectivity index (χ2v) is 3.78. The number of esters is 1. The van der Waals surface area contributed by atoms with Crippen molar-refractivity contribution < 1.29 is 14.3 Å². The van der Waals surface area contributed by atoms with Gasteiger partial charge in [-0.25, -0.2) is 9.48 Å². The first-order chi connectivity index (χ1) is 7.22. The standard InChI is InChI=1S/C9H13IN2O3/c1-3-15-9(13)7-6-8(14-2)12(11-7)5-4-10/h6H,3-5H2,1-2H3. The number of methoxy groups -OCH3 is 1. The summed E-state index contributed by atoms with van der Waals surface area (Å²) in [6, 6.07) is 1.59. The van der Waals surface area contributed by atoms with Gasteiger partial charge in [0.25, 0.3) is 0 Å². The molecule has 1 aromatic rings. The maximum atomic E-state index is 11.4. The van der Waals surface area contributed by atoms with Crippen LogP contribution in [0, 0.1) is 0 Å². The monoisotopic (exact) mass is 324 g/mol. The van der Waals surface area contributed by atoms with Gasteiger partial charge < -0.3 is 9.47 Å². The van der Waals surface area contributed by atoms with E-state index in [9.17, 15) is 4.79 Å². The molecule has 1 heterocycles. The second kappa shape index (κ2) is 5.94. The molecule has 0 fully saturated rings. The Bertz CT molecular complexity index is 338. The number of alkyl halides is 1. The van der Waals surface area contributed by atoms with E-state index in [4.69, 9.17) is 9.47 Å². The van der Waals surface area contributed by atoms with E-state index in [1.165, 1.54) is 0 Å². The summed E-state index contributed by atoms with van der Waals surface area (Å²) in [6.45, 7) is 2.82. The molecule has 0 aliphatic carbocycles. The minimum absolute atomic E-state index is 0.290. The van der Waals surface area contributed by atoms with Crippen LogP contribution >= 0.6 is 22.6 Å². The topological polar surface area (TPSA) is 53.4 Å². The number of aryl methyl sites for hydroxylation is 1. The molecule has 84 valence electrons. The van der Waals surface area contributed by atoms with Crippen LogP contribution in [0.25, 0.3) is 0 Å². The number of carbonyl (C=O) groups is 1. The number of hydrogen-bond acceptors (Lipinski definition) is 4. The molecule has 0 saturated carbocycles. The summed E-state index contributed by atoms with van der Waals surface area (Å²) < 4.78 is 12.5. The molecular weight excluding hydrogens is 311 g/mol. The number of rotatable bonds is 5. The molecule has 0 atom stereocenters. The van der Waals surface area contributed by atoms with Crippen molar-refractivity contribution in [3.63, 3.8) is 0 Å². The van der Waals surface area contributed by atoms with E-state index < -0.39 is 5.97 Å². The Morgan fingerprint density at radius 3 is 2.93 bits per heavy atom. The Kier molecular flexibility index (Phi) is 4.86. The Morgan fingerprint density at radius 2 is 2.40 bits per heavy atom. The molecule has 0 aromatic carbocycles. The van der Waals surface area contributed by atoms with E-state index in [0.717, 1.165) is 4.43 Å². The molecule has 0 saturated heterocycles. The normalized spacial score (nSPS) is 10.1. The average Bonchev–Trinajstić information content (AvgIpc) is 2.62. The van der Waals surface area contributed by atoms with Gasteiger partial charge in [0.05, 0.1) is 20.3 Å². The van der Waals surface area contributed by atoms with Gasteiger partial charge in [-0.3, -0.25) is 0 Å². The molecule has 1 rings (SSSR count). The zero-order valence-electron chi connectivity index (χ0n) is 8.70. The number of nitrogens with zero attached hydrogens (tertiary/aromatic N) is 2. The first-order valence-corrected chi connectivity index (χ1v) is 6.10. The summed E-state index contributed by atoms with van der Waals surface area (Å²) in [5, 5.41) is 4.10. The van der Waals surface area contributed by atoms with Crippen molar-refractivity contribution in [2.24, 2.45) is 0 Å². The van der Waals surface area contributed by atoms with Gasteiger partial charge in [0.1, 0.15) is 0 Å². The predicted molar refractivity (Wildman–Crippen MR) is 63.6 cm³/mol. The van der Waals surface area contributed by atoms with Gasteiger partial charge >= 0.3 is 5.97 Å². The van der Waals surface area contributed by atoms with Gasteiger partial charge in [-0.2, -0.15) is 5.10 Å². The quantitative estimate of drug-likeness (QED) is 0.468. The number of aromatic nitrogens is 2. The van der Waals surface area contributed by atoms with Crippen LogP contribution in [0.2, 0.25) is 0 Å². The highest BCUT2D eigenvalue weighted by atomic mass is 127. The van der Waals surface area contributed by atoms with Gasteiger partial charge in [-0.1, -0.05) is 22.6 Å². The van der Waals surface area contributed by atoms with E-state index in [0.29, 0.717) is 24.7 Å². The smallest absolute Gasteiger partial charge is 0.358 e. The van der Waals surface area contributed by atoms with Gasteiger partial charge in [0.15, 0.2) is 5.69 Å². The summed E-state index contributed by atoms with van der Waals surface area (Å²) in [4.78, 5) is 11.4. The number of halogens is 1. The van der Waals surface area contributed by atoms with Gasteiger partial charge in [-0.05, 0) is 6.92 Å². The van der Waals surface area contributed by atoms with Crippen LogP contribution < -0.4 is 4.74 Å².